The first kappa shape index (κ1) is 13.2. The number of nitrogens with zero attached hydrogens (tertiary/aromatic N) is 3. The maximum atomic E-state index is 11.7. The Kier molecular flexibility index (Phi) is 3.91. The molecular weight excluding hydrogens is 242 g/mol. The van der Waals surface area contributed by atoms with E-state index in [0.717, 1.165) is 11.4 Å². The number of hydrogen-bond acceptors (Lipinski definition) is 4. The van der Waals surface area contributed by atoms with E-state index in [0.29, 0.717) is 12.1 Å². The fraction of sp³-hybridized carbons (Fsp3) is 0.308. The Morgan fingerprint density at radius 3 is 2.95 bits per heavy atom. The van der Waals surface area contributed by atoms with Crippen molar-refractivity contribution in [1.82, 2.24) is 14.8 Å². The molecular formula is C13H17N5O. The zero-order valence-electron chi connectivity index (χ0n) is 11.0. The Labute approximate surface area is 111 Å². The van der Waals surface area contributed by atoms with Crippen LogP contribution in [0.4, 0.5) is 5.69 Å². The Bertz CT molecular complexity index is 578. The van der Waals surface area contributed by atoms with Gasteiger partial charge in [-0.2, -0.15) is 0 Å². The molecule has 1 atom stereocenters. The molecule has 100 valence electrons. The molecule has 1 amide bonds. The van der Waals surface area contributed by atoms with Gasteiger partial charge in [0.05, 0.1) is 6.04 Å². The fourth-order valence-corrected chi connectivity index (χ4v) is 1.70. The second kappa shape index (κ2) is 5.62. The van der Waals surface area contributed by atoms with E-state index in [-0.39, 0.29) is 5.91 Å². The van der Waals surface area contributed by atoms with Crippen molar-refractivity contribution in [3.05, 3.63) is 30.6 Å². The Morgan fingerprint density at radius 1 is 1.53 bits per heavy atom. The van der Waals surface area contributed by atoms with E-state index in [4.69, 9.17) is 5.73 Å². The van der Waals surface area contributed by atoms with Crippen LogP contribution >= 0.6 is 0 Å². The number of amides is 1. The van der Waals surface area contributed by atoms with Gasteiger partial charge in [-0.15, -0.1) is 10.2 Å². The second-order valence-electron chi connectivity index (χ2n) is 4.35. The lowest BCUT2D eigenvalue weighted by Crippen LogP contribution is -2.34. The number of nitrogens with two attached hydrogens (primary N) is 1. The van der Waals surface area contributed by atoms with E-state index < -0.39 is 6.04 Å². The van der Waals surface area contributed by atoms with Crippen molar-refractivity contribution in [2.75, 3.05) is 5.32 Å². The minimum absolute atomic E-state index is 0.183. The number of carbonyl (C=O) groups excluding carboxylic acids is 1. The van der Waals surface area contributed by atoms with E-state index in [2.05, 4.69) is 15.5 Å². The smallest absolute Gasteiger partial charge is 0.241 e. The largest absolute Gasteiger partial charge is 0.325 e. The number of aromatic nitrogens is 3. The van der Waals surface area contributed by atoms with E-state index in [1.165, 1.54) is 0 Å². The van der Waals surface area contributed by atoms with Gasteiger partial charge >= 0.3 is 0 Å². The predicted molar refractivity (Wildman–Crippen MR) is 73.3 cm³/mol. The molecule has 19 heavy (non-hydrogen) atoms. The van der Waals surface area contributed by atoms with Gasteiger partial charge < -0.3 is 15.6 Å². The molecule has 0 saturated heterocycles. The van der Waals surface area contributed by atoms with Crippen LogP contribution in [0, 0.1) is 0 Å². The van der Waals surface area contributed by atoms with Gasteiger partial charge in [0.15, 0.2) is 5.82 Å². The standard InChI is InChI=1S/C13H17N5O/c1-3-11(14)13(19)16-10-6-4-5-9(7-10)12-17-15-8-18(12)2/h4-8,11H,3,14H2,1-2H3,(H,16,19). The van der Waals surface area contributed by atoms with Crippen molar-refractivity contribution in [3.63, 3.8) is 0 Å². The van der Waals surface area contributed by atoms with Crippen molar-refractivity contribution >= 4 is 11.6 Å². The summed E-state index contributed by atoms with van der Waals surface area (Å²) in [7, 11) is 1.87. The van der Waals surface area contributed by atoms with Crippen LogP contribution in [0.2, 0.25) is 0 Å². The molecule has 2 rings (SSSR count). The maximum Gasteiger partial charge on any atom is 0.241 e. The van der Waals surface area contributed by atoms with Crippen LogP contribution < -0.4 is 11.1 Å². The zero-order chi connectivity index (χ0) is 13.8. The van der Waals surface area contributed by atoms with Crippen LogP contribution in [-0.2, 0) is 11.8 Å². The summed E-state index contributed by atoms with van der Waals surface area (Å²) in [5.41, 5.74) is 7.28. The molecule has 0 saturated carbocycles. The van der Waals surface area contributed by atoms with Crippen molar-refractivity contribution < 1.29 is 4.79 Å². The quantitative estimate of drug-likeness (QED) is 0.862. The Morgan fingerprint density at radius 2 is 2.32 bits per heavy atom. The summed E-state index contributed by atoms with van der Waals surface area (Å²) in [5, 5.41) is 10.7. The molecule has 0 aliphatic heterocycles. The van der Waals surface area contributed by atoms with Crippen LogP contribution in [0.15, 0.2) is 30.6 Å². The highest BCUT2D eigenvalue weighted by Crippen LogP contribution is 2.20. The van der Waals surface area contributed by atoms with Gasteiger partial charge in [0.1, 0.15) is 6.33 Å². The lowest BCUT2D eigenvalue weighted by atomic mass is 10.1. The minimum Gasteiger partial charge on any atom is -0.325 e. The SMILES string of the molecule is CCC(N)C(=O)Nc1cccc(-c2nncn2C)c1. The molecule has 0 radical (unpaired) electrons. The molecule has 1 aromatic heterocycles. The van der Waals surface area contributed by atoms with E-state index in [9.17, 15) is 4.79 Å². The van der Waals surface area contributed by atoms with Crippen molar-refractivity contribution in [1.29, 1.82) is 0 Å². The molecule has 0 spiro atoms. The maximum absolute atomic E-state index is 11.7. The van der Waals surface area contributed by atoms with Gasteiger partial charge in [-0.25, -0.2) is 0 Å². The average molecular weight is 259 g/mol. The van der Waals surface area contributed by atoms with Gasteiger partial charge in [0.2, 0.25) is 5.91 Å². The molecule has 0 bridgehead atoms. The van der Waals surface area contributed by atoms with Crippen LogP contribution in [0.3, 0.4) is 0 Å². The van der Waals surface area contributed by atoms with Crippen molar-refractivity contribution in [2.45, 2.75) is 19.4 Å². The van der Waals surface area contributed by atoms with Crippen LogP contribution in [0.1, 0.15) is 13.3 Å². The topological polar surface area (TPSA) is 85.8 Å². The molecule has 0 aliphatic rings. The van der Waals surface area contributed by atoms with Crippen molar-refractivity contribution in [2.24, 2.45) is 12.8 Å². The first-order valence-corrected chi connectivity index (χ1v) is 6.12. The normalized spacial score (nSPS) is 12.2. The van der Waals surface area contributed by atoms with E-state index in [1.807, 2.05) is 42.8 Å². The summed E-state index contributed by atoms with van der Waals surface area (Å²) in [6.45, 7) is 1.88. The molecule has 6 heteroatoms. The number of rotatable bonds is 4. The predicted octanol–water partition coefficient (Wildman–Crippen LogP) is 1.16. The Hall–Kier alpha value is -2.21. The lowest BCUT2D eigenvalue weighted by molar-refractivity contribution is -0.117. The number of nitrogens with one attached hydrogen (secondary N) is 1. The summed E-state index contributed by atoms with van der Waals surface area (Å²) < 4.78 is 1.82. The van der Waals surface area contributed by atoms with Crippen LogP contribution in [0.25, 0.3) is 11.4 Å². The summed E-state index contributed by atoms with van der Waals surface area (Å²) in [6.07, 6.45) is 2.24. The summed E-state index contributed by atoms with van der Waals surface area (Å²) >= 11 is 0. The van der Waals surface area contributed by atoms with Gasteiger partial charge in [0.25, 0.3) is 0 Å². The molecule has 1 unspecified atom stereocenters. The first-order valence-electron chi connectivity index (χ1n) is 6.12. The third kappa shape index (κ3) is 2.97. The molecule has 6 nitrogen and oxygen atoms in total. The summed E-state index contributed by atoms with van der Waals surface area (Å²) in [6, 6.07) is 6.96. The van der Waals surface area contributed by atoms with Gasteiger partial charge in [-0.05, 0) is 18.6 Å². The van der Waals surface area contributed by atoms with Crippen LogP contribution in [-0.4, -0.2) is 26.7 Å². The molecule has 2 aromatic rings. The highest BCUT2D eigenvalue weighted by atomic mass is 16.2. The molecule has 1 aromatic carbocycles. The number of benzene rings is 1. The van der Waals surface area contributed by atoms with Gasteiger partial charge in [-0.1, -0.05) is 19.1 Å². The third-order valence-electron chi connectivity index (χ3n) is 2.88. The zero-order valence-corrected chi connectivity index (χ0v) is 11.0. The summed E-state index contributed by atoms with van der Waals surface area (Å²) in [5.74, 6) is 0.563. The van der Waals surface area contributed by atoms with E-state index >= 15 is 0 Å². The highest BCUT2D eigenvalue weighted by Gasteiger charge is 2.12. The number of aryl methyl sites for hydroxylation is 1. The monoisotopic (exact) mass is 259 g/mol. The van der Waals surface area contributed by atoms with Crippen molar-refractivity contribution in [3.8, 4) is 11.4 Å². The average Bonchev–Trinajstić information content (AvgIpc) is 2.84. The molecule has 1 heterocycles. The first-order chi connectivity index (χ1) is 9.11. The van der Waals surface area contributed by atoms with Crippen LogP contribution in [0.5, 0.6) is 0 Å². The Balaban J connectivity index is 2.21. The van der Waals surface area contributed by atoms with Gasteiger partial charge in [0, 0.05) is 18.3 Å². The minimum atomic E-state index is -0.488. The number of carbonyl (C=O) groups is 1. The summed E-state index contributed by atoms with van der Waals surface area (Å²) in [4.78, 5) is 11.7. The van der Waals surface area contributed by atoms with Gasteiger partial charge in [-0.3, -0.25) is 4.79 Å². The third-order valence-corrected chi connectivity index (χ3v) is 2.88. The molecule has 3 N–H and O–H groups in total. The number of anilines is 1. The number of hydrogen-bond donors (Lipinski definition) is 2. The molecule has 0 fully saturated rings. The fourth-order valence-electron chi connectivity index (χ4n) is 1.70. The lowest BCUT2D eigenvalue weighted by Gasteiger charge is -2.10. The second-order valence-corrected chi connectivity index (χ2v) is 4.35. The highest BCUT2D eigenvalue weighted by molar-refractivity contribution is 5.95. The molecule has 0 aliphatic carbocycles. The van der Waals surface area contributed by atoms with E-state index in [1.54, 1.807) is 6.33 Å².